The number of likely N-dealkylation sites (tertiary alicyclic amines) is 1. The molecule has 142 valence electrons. The van der Waals surface area contributed by atoms with Gasteiger partial charge in [-0.3, -0.25) is 9.48 Å². The van der Waals surface area contributed by atoms with Crippen molar-refractivity contribution in [3.05, 3.63) is 12.0 Å². The van der Waals surface area contributed by atoms with Crippen molar-refractivity contribution < 1.29 is 4.79 Å². The van der Waals surface area contributed by atoms with E-state index in [9.17, 15) is 4.79 Å². The van der Waals surface area contributed by atoms with Gasteiger partial charge >= 0.3 is 0 Å². The van der Waals surface area contributed by atoms with Gasteiger partial charge in [0.15, 0.2) is 5.65 Å². The summed E-state index contributed by atoms with van der Waals surface area (Å²) in [6.07, 6.45) is 4.29. The molecule has 0 unspecified atom stereocenters. The number of rotatable bonds is 5. The monoisotopic (exact) mass is 358 g/mol. The van der Waals surface area contributed by atoms with Crippen LogP contribution >= 0.6 is 0 Å². The Morgan fingerprint density at radius 3 is 2.65 bits per heavy atom. The summed E-state index contributed by atoms with van der Waals surface area (Å²) in [5, 5.41) is 5.32. The maximum Gasteiger partial charge on any atom is 0.223 e. The highest BCUT2D eigenvalue weighted by Gasteiger charge is 2.36. The molecule has 1 fully saturated rings. The third-order valence-corrected chi connectivity index (χ3v) is 5.00. The maximum absolute atomic E-state index is 12.4. The van der Waals surface area contributed by atoms with Gasteiger partial charge in [-0.15, -0.1) is 0 Å². The zero-order valence-corrected chi connectivity index (χ0v) is 16.8. The lowest BCUT2D eigenvalue weighted by atomic mass is 10.1. The Morgan fingerprint density at radius 1 is 1.31 bits per heavy atom. The van der Waals surface area contributed by atoms with E-state index in [2.05, 4.69) is 49.7 Å². The van der Waals surface area contributed by atoms with Crippen molar-refractivity contribution in [2.45, 2.75) is 52.5 Å². The minimum atomic E-state index is -0.121. The van der Waals surface area contributed by atoms with Gasteiger partial charge in [0.05, 0.1) is 11.6 Å². The van der Waals surface area contributed by atoms with Crippen LogP contribution in [-0.2, 0) is 18.3 Å². The van der Waals surface area contributed by atoms with Gasteiger partial charge in [-0.25, -0.2) is 9.97 Å². The van der Waals surface area contributed by atoms with Gasteiger partial charge in [-0.1, -0.05) is 6.92 Å². The van der Waals surface area contributed by atoms with Crippen molar-refractivity contribution >= 4 is 22.8 Å². The van der Waals surface area contributed by atoms with Crippen LogP contribution in [0.25, 0.3) is 11.0 Å². The molecular formula is C19H30N6O. The number of aromatic nitrogens is 4. The molecule has 3 heterocycles. The molecule has 7 heteroatoms. The van der Waals surface area contributed by atoms with Gasteiger partial charge in [-0.2, -0.15) is 5.10 Å². The maximum atomic E-state index is 12.4. The molecule has 7 nitrogen and oxygen atoms in total. The number of amides is 1. The molecule has 1 atom stereocenters. The Bertz CT molecular complexity index is 806. The fourth-order valence-corrected chi connectivity index (χ4v) is 3.70. The molecule has 0 aromatic carbocycles. The topological polar surface area (TPSA) is 67.2 Å². The zero-order valence-electron chi connectivity index (χ0n) is 16.8. The minimum Gasteiger partial charge on any atom is -0.359 e. The van der Waals surface area contributed by atoms with Gasteiger partial charge in [0.25, 0.3) is 0 Å². The van der Waals surface area contributed by atoms with Crippen LogP contribution in [0.5, 0.6) is 0 Å². The third-order valence-electron chi connectivity index (χ3n) is 5.00. The smallest absolute Gasteiger partial charge is 0.223 e. The second-order valence-corrected chi connectivity index (χ2v) is 8.34. The van der Waals surface area contributed by atoms with Gasteiger partial charge in [0.2, 0.25) is 5.91 Å². The number of hydrogen-bond donors (Lipinski definition) is 0. The molecule has 1 saturated heterocycles. The molecular weight excluding hydrogens is 328 g/mol. The molecule has 0 radical (unpaired) electrons. The van der Waals surface area contributed by atoms with E-state index in [1.54, 1.807) is 4.68 Å². The van der Waals surface area contributed by atoms with Crippen molar-refractivity contribution in [3.8, 4) is 0 Å². The van der Waals surface area contributed by atoms with Crippen molar-refractivity contribution in [2.24, 2.45) is 13.0 Å². The predicted molar refractivity (Wildman–Crippen MR) is 103 cm³/mol. The summed E-state index contributed by atoms with van der Waals surface area (Å²) >= 11 is 0. The Morgan fingerprint density at radius 2 is 2.04 bits per heavy atom. The summed E-state index contributed by atoms with van der Waals surface area (Å²) in [6.45, 7) is 10.0. The lowest BCUT2D eigenvalue weighted by molar-refractivity contribution is -0.131. The Hall–Kier alpha value is -2.18. The van der Waals surface area contributed by atoms with Crippen molar-refractivity contribution in [3.63, 3.8) is 0 Å². The van der Waals surface area contributed by atoms with Gasteiger partial charge in [0, 0.05) is 51.5 Å². The SMILES string of the molecule is CCCc1nc(N(C)C[C@H]2CC(=O)N(C(C)(C)C)C2)c2cnn(C)c2n1. The molecule has 1 aliphatic heterocycles. The van der Waals surface area contributed by atoms with E-state index in [-0.39, 0.29) is 11.4 Å². The summed E-state index contributed by atoms with van der Waals surface area (Å²) < 4.78 is 1.80. The highest BCUT2D eigenvalue weighted by atomic mass is 16.2. The summed E-state index contributed by atoms with van der Waals surface area (Å²) in [4.78, 5) is 26.0. The number of fused-ring (bicyclic) bond motifs is 1. The fourth-order valence-electron chi connectivity index (χ4n) is 3.70. The average Bonchev–Trinajstić information content (AvgIpc) is 3.10. The van der Waals surface area contributed by atoms with Crippen LogP contribution < -0.4 is 4.90 Å². The normalized spacial score (nSPS) is 18.2. The van der Waals surface area contributed by atoms with E-state index in [0.29, 0.717) is 12.3 Å². The first-order chi connectivity index (χ1) is 12.2. The molecule has 0 saturated carbocycles. The second kappa shape index (κ2) is 6.85. The minimum absolute atomic E-state index is 0.121. The van der Waals surface area contributed by atoms with Crippen molar-refractivity contribution in [1.82, 2.24) is 24.6 Å². The highest BCUT2D eigenvalue weighted by molar-refractivity contribution is 5.87. The Kier molecular flexibility index (Phi) is 4.90. The summed E-state index contributed by atoms with van der Waals surface area (Å²) in [6, 6.07) is 0. The largest absolute Gasteiger partial charge is 0.359 e. The van der Waals surface area contributed by atoms with E-state index in [4.69, 9.17) is 4.98 Å². The third kappa shape index (κ3) is 3.52. The van der Waals surface area contributed by atoms with Gasteiger partial charge in [0.1, 0.15) is 11.6 Å². The van der Waals surface area contributed by atoms with E-state index >= 15 is 0 Å². The second-order valence-electron chi connectivity index (χ2n) is 8.34. The van der Waals surface area contributed by atoms with Gasteiger partial charge in [-0.05, 0) is 27.2 Å². The van der Waals surface area contributed by atoms with Crippen LogP contribution in [0.1, 0.15) is 46.4 Å². The molecule has 1 aliphatic rings. The average molecular weight is 358 g/mol. The first-order valence-corrected chi connectivity index (χ1v) is 9.41. The fraction of sp³-hybridized carbons (Fsp3) is 0.684. The van der Waals surface area contributed by atoms with Crippen LogP contribution in [-0.4, -0.2) is 56.2 Å². The molecule has 3 rings (SSSR count). The van der Waals surface area contributed by atoms with Gasteiger partial charge < -0.3 is 9.80 Å². The molecule has 0 aliphatic carbocycles. The van der Waals surface area contributed by atoms with Crippen LogP contribution in [0.2, 0.25) is 0 Å². The molecule has 0 N–H and O–H groups in total. The molecule has 2 aromatic heterocycles. The van der Waals surface area contributed by atoms with Crippen molar-refractivity contribution in [2.75, 3.05) is 25.0 Å². The predicted octanol–water partition coefficient (Wildman–Crippen LogP) is 2.40. The molecule has 0 bridgehead atoms. The van der Waals surface area contributed by atoms with E-state index < -0.39 is 0 Å². The lowest BCUT2D eigenvalue weighted by Gasteiger charge is -2.32. The summed E-state index contributed by atoms with van der Waals surface area (Å²) in [5.74, 6) is 2.32. The number of hydrogen-bond acceptors (Lipinski definition) is 5. The number of aryl methyl sites for hydroxylation is 2. The summed E-state index contributed by atoms with van der Waals surface area (Å²) in [5.41, 5.74) is 0.744. The zero-order chi connectivity index (χ0) is 19.1. The van der Waals surface area contributed by atoms with Crippen LogP contribution in [0.3, 0.4) is 0 Å². The highest BCUT2D eigenvalue weighted by Crippen LogP contribution is 2.29. The standard InChI is InChI=1S/C19H30N6O/c1-7-8-15-21-17(14-10-20-24(6)18(14)22-15)23(5)11-13-9-16(26)25(12-13)19(2,3)4/h10,13H,7-9,11-12H2,1-6H3/t13-/m1/s1. The van der Waals surface area contributed by atoms with Crippen LogP contribution in [0, 0.1) is 5.92 Å². The van der Waals surface area contributed by atoms with Crippen LogP contribution in [0.4, 0.5) is 5.82 Å². The number of nitrogens with zero attached hydrogens (tertiary/aromatic N) is 6. The van der Waals surface area contributed by atoms with E-state index in [1.807, 2.05) is 18.1 Å². The molecule has 26 heavy (non-hydrogen) atoms. The molecule has 2 aromatic rings. The number of carbonyl (C=O) groups excluding carboxylic acids is 1. The van der Waals surface area contributed by atoms with E-state index in [0.717, 1.165) is 48.6 Å². The first-order valence-electron chi connectivity index (χ1n) is 9.41. The lowest BCUT2D eigenvalue weighted by Crippen LogP contribution is -2.42. The Labute approximate surface area is 155 Å². The summed E-state index contributed by atoms with van der Waals surface area (Å²) in [7, 11) is 3.96. The van der Waals surface area contributed by atoms with Crippen molar-refractivity contribution in [1.29, 1.82) is 0 Å². The number of anilines is 1. The van der Waals surface area contributed by atoms with Crippen LogP contribution in [0.15, 0.2) is 6.20 Å². The first kappa shape index (κ1) is 18.6. The van der Waals surface area contributed by atoms with E-state index in [1.165, 1.54) is 0 Å². The quantitative estimate of drug-likeness (QED) is 0.821. The molecule has 0 spiro atoms. The number of carbonyl (C=O) groups is 1. The molecule has 1 amide bonds. The Balaban J connectivity index is 1.84.